The summed E-state index contributed by atoms with van der Waals surface area (Å²) in [7, 11) is 0. The van der Waals surface area contributed by atoms with Gasteiger partial charge in [-0.15, -0.1) is 0 Å². The molecule has 0 aliphatic heterocycles. The largest absolute Gasteiger partial charge is 0.402 e. The second-order valence-corrected chi connectivity index (χ2v) is 6.17. The van der Waals surface area contributed by atoms with Crippen LogP contribution in [-0.2, 0) is 4.79 Å². The highest BCUT2D eigenvalue weighted by Gasteiger charge is 2.27. The lowest BCUT2D eigenvalue weighted by molar-refractivity contribution is -0.120. The Morgan fingerprint density at radius 3 is 2.00 bits per heavy atom. The first kappa shape index (κ1) is 17.6. The second kappa shape index (κ2) is 6.71. The minimum atomic E-state index is -0.422. The van der Waals surface area contributed by atoms with Gasteiger partial charge in [0.25, 0.3) is 0 Å². The van der Waals surface area contributed by atoms with Crippen molar-refractivity contribution in [1.82, 2.24) is 0 Å². The summed E-state index contributed by atoms with van der Waals surface area (Å²) in [6, 6.07) is 0. The molecule has 2 atom stereocenters. The number of nitrogens with two attached hydrogens (primary N) is 2. The Labute approximate surface area is 117 Å². The van der Waals surface area contributed by atoms with Gasteiger partial charge in [0.05, 0.1) is 5.92 Å². The normalized spacial score (nSPS) is 15.8. The van der Waals surface area contributed by atoms with E-state index in [2.05, 4.69) is 33.9 Å². The molecule has 0 aromatic rings. The third kappa shape index (κ3) is 5.03. The molecule has 19 heavy (non-hydrogen) atoms. The first-order valence-electron chi connectivity index (χ1n) is 6.54. The van der Waals surface area contributed by atoms with Gasteiger partial charge in [-0.05, 0) is 31.4 Å². The van der Waals surface area contributed by atoms with E-state index < -0.39 is 5.92 Å². The number of carbonyl (C=O) groups excluding carboxylic acids is 1. The van der Waals surface area contributed by atoms with Gasteiger partial charge in [0.1, 0.15) is 5.78 Å². The molecule has 0 radical (unpaired) electrons. The van der Waals surface area contributed by atoms with Crippen molar-refractivity contribution >= 4 is 5.78 Å². The molecule has 4 N–H and O–H groups in total. The Morgan fingerprint density at radius 2 is 1.74 bits per heavy atom. The first-order chi connectivity index (χ1) is 8.52. The minimum absolute atomic E-state index is 0.00271. The molecule has 0 saturated heterocycles. The highest BCUT2D eigenvalue weighted by atomic mass is 16.1. The quantitative estimate of drug-likeness (QED) is 0.725. The van der Waals surface area contributed by atoms with Crippen molar-refractivity contribution in [3.63, 3.8) is 0 Å². The Hall–Kier alpha value is -1.35. The van der Waals surface area contributed by atoms with Crippen LogP contribution in [0.1, 0.15) is 34.6 Å². The lowest BCUT2D eigenvalue weighted by Gasteiger charge is -2.27. The summed E-state index contributed by atoms with van der Waals surface area (Å²) in [6.45, 7) is 17.9. The van der Waals surface area contributed by atoms with Crippen molar-refractivity contribution in [2.24, 2.45) is 28.7 Å². The van der Waals surface area contributed by atoms with Gasteiger partial charge in [-0.3, -0.25) is 4.79 Å². The second-order valence-electron chi connectivity index (χ2n) is 6.17. The smallest absolute Gasteiger partial charge is 0.139 e. The van der Waals surface area contributed by atoms with Gasteiger partial charge in [0.15, 0.2) is 0 Å². The van der Waals surface area contributed by atoms with Gasteiger partial charge in [-0.2, -0.15) is 0 Å². The van der Waals surface area contributed by atoms with Crippen LogP contribution in [0.2, 0.25) is 0 Å². The summed E-state index contributed by atoms with van der Waals surface area (Å²) < 4.78 is 0. The van der Waals surface area contributed by atoms with Gasteiger partial charge in [0, 0.05) is 11.6 Å². The Morgan fingerprint density at radius 1 is 1.26 bits per heavy atom. The van der Waals surface area contributed by atoms with Crippen LogP contribution < -0.4 is 11.5 Å². The summed E-state index contributed by atoms with van der Waals surface area (Å²) in [4.78, 5) is 11.7. The van der Waals surface area contributed by atoms with E-state index in [1.165, 1.54) is 6.92 Å². The molecule has 0 bridgehead atoms. The minimum Gasteiger partial charge on any atom is -0.402 e. The standard InChI is InChI=1S/C16H28N2O/c1-10(8-11(2)16(5,6)7)14(9-17)15(12(3)18)13(4)19/h8,14-15H,2-3,9,17-18H2,1,4-7H3/b10-8+/t14-,15+/m1/s1. The fourth-order valence-corrected chi connectivity index (χ4v) is 1.99. The van der Waals surface area contributed by atoms with E-state index in [1.807, 2.05) is 13.0 Å². The van der Waals surface area contributed by atoms with Crippen LogP contribution in [0.3, 0.4) is 0 Å². The fraction of sp³-hybridized carbons (Fsp3) is 0.562. The maximum absolute atomic E-state index is 11.7. The van der Waals surface area contributed by atoms with E-state index in [1.54, 1.807) is 0 Å². The number of hydrogen-bond donors (Lipinski definition) is 2. The molecule has 0 rings (SSSR count). The van der Waals surface area contributed by atoms with Gasteiger partial charge < -0.3 is 11.5 Å². The molecule has 0 amide bonds. The number of Topliss-reactive ketones (excluding diaryl/α,β-unsaturated/α-hetero) is 1. The fourth-order valence-electron chi connectivity index (χ4n) is 1.99. The van der Waals surface area contributed by atoms with Crippen molar-refractivity contribution in [2.75, 3.05) is 6.54 Å². The Balaban J connectivity index is 5.36. The van der Waals surface area contributed by atoms with Crippen LogP contribution in [0, 0.1) is 17.3 Å². The third-order valence-corrected chi connectivity index (χ3v) is 3.44. The zero-order valence-electron chi connectivity index (χ0n) is 12.9. The summed E-state index contributed by atoms with van der Waals surface area (Å²) in [5.74, 6) is -0.541. The monoisotopic (exact) mass is 264 g/mol. The molecular formula is C16H28N2O. The van der Waals surface area contributed by atoms with E-state index >= 15 is 0 Å². The lowest BCUT2D eigenvalue weighted by atomic mass is 9.79. The van der Waals surface area contributed by atoms with Crippen LogP contribution in [0.25, 0.3) is 0 Å². The summed E-state index contributed by atoms with van der Waals surface area (Å²) in [5, 5.41) is 0. The molecule has 0 spiro atoms. The van der Waals surface area contributed by atoms with E-state index in [-0.39, 0.29) is 17.1 Å². The Bertz CT molecular complexity index is 385. The van der Waals surface area contributed by atoms with Gasteiger partial charge in [-0.1, -0.05) is 45.6 Å². The van der Waals surface area contributed by atoms with E-state index in [4.69, 9.17) is 11.5 Å². The zero-order valence-corrected chi connectivity index (χ0v) is 12.9. The maximum Gasteiger partial charge on any atom is 0.139 e. The number of hydrogen-bond acceptors (Lipinski definition) is 3. The van der Waals surface area contributed by atoms with Crippen molar-refractivity contribution in [3.8, 4) is 0 Å². The van der Waals surface area contributed by atoms with Crippen molar-refractivity contribution in [1.29, 1.82) is 0 Å². The van der Waals surface area contributed by atoms with E-state index in [0.717, 1.165) is 11.1 Å². The van der Waals surface area contributed by atoms with Gasteiger partial charge in [0.2, 0.25) is 0 Å². The molecule has 0 fully saturated rings. The number of ketones is 1. The zero-order chi connectivity index (χ0) is 15.4. The molecule has 0 aromatic heterocycles. The molecule has 3 heteroatoms. The van der Waals surface area contributed by atoms with Crippen LogP contribution >= 0.6 is 0 Å². The highest BCUT2D eigenvalue weighted by Crippen LogP contribution is 2.30. The van der Waals surface area contributed by atoms with E-state index in [9.17, 15) is 4.79 Å². The topological polar surface area (TPSA) is 69.1 Å². The van der Waals surface area contributed by atoms with Crippen LogP contribution in [0.4, 0.5) is 0 Å². The molecule has 108 valence electrons. The Kier molecular flexibility index (Phi) is 6.23. The number of allylic oxidation sites excluding steroid dienone is 3. The first-order valence-corrected chi connectivity index (χ1v) is 6.54. The average molecular weight is 264 g/mol. The maximum atomic E-state index is 11.7. The molecule has 0 aliphatic rings. The molecule has 0 heterocycles. The third-order valence-electron chi connectivity index (χ3n) is 3.44. The van der Waals surface area contributed by atoms with Crippen molar-refractivity contribution in [3.05, 3.63) is 36.1 Å². The molecule has 0 saturated carbocycles. The molecule has 3 nitrogen and oxygen atoms in total. The highest BCUT2D eigenvalue weighted by molar-refractivity contribution is 5.81. The number of rotatable bonds is 6. The lowest BCUT2D eigenvalue weighted by Crippen LogP contribution is -2.33. The average Bonchev–Trinajstić information content (AvgIpc) is 2.22. The van der Waals surface area contributed by atoms with Gasteiger partial charge >= 0.3 is 0 Å². The molecule has 0 aliphatic carbocycles. The van der Waals surface area contributed by atoms with Crippen molar-refractivity contribution < 1.29 is 4.79 Å². The molecule has 0 aromatic carbocycles. The van der Waals surface area contributed by atoms with Crippen LogP contribution in [0.15, 0.2) is 36.1 Å². The van der Waals surface area contributed by atoms with Gasteiger partial charge in [-0.25, -0.2) is 0 Å². The summed E-state index contributed by atoms with van der Waals surface area (Å²) in [6.07, 6.45) is 2.01. The number of carbonyl (C=O) groups is 1. The summed E-state index contributed by atoms with van der Waals surface area (Å²) >= 11 is 0. The molecule has 0 unspecified atom stereocenters. The van der Waals surface area contributed by atoms with Crippen molar-refractivity contribution in [2.45, 2.75) is 34.6 Å². The predicted octanol–water partition coefficient (Wildman–Crippen LogP) is 2.79. The SMILES string of the molecule is C=C(N)[C@@H](C(C)=O)[C@H](CN)/C(C)=C/C(=C)C(C)(C)C. The van der Waals surface area contributed by atoms with E-state index in [0.29, 0.717) is 12.2 Å². The van der Waals surface area contributed by atoms with Crippen LogP contribution in [-0.4, -0.2) is 12.3 Å². The van der Waals surface area contributed by atoms with Crippen LogP contribution in [0.5, 0.6) is 0 Å². The predicted molar refractivity (Wildman–Crippen MR) is 82.4 cm³/mol. The summed E-state index contributed by atoms with van der Waals surface area (Å²) in [5.41, 5.74) is 14.0. The molecular weight excluding hydrogens is 236 g/mol.